The fraction of sp³-hybridized carbons (Fsp3) is 0.200. The third kappa shape index (κ3) is 3.44. The highest BCUT2D eigenvalue weighted by Crippen LogP contribution is 2.24. The lowest BCUT2D eigenvalue weighted by Gasteiger charge is -2.03. The van der Waals surface area contributed by atoms with E-state index in [9.17, 15) is 0 Å². The van der Waals surface area contributed by atoms with E-state index in [-0.39, 0.29) is 0 Å². The van der Waals surface area contributed by atoms with Gasteiger partial charge >= 0.3 is 0 Å². The fourth-order valence-electron chi connectivity index (χ4n) is 2.89. The minimum atomic E-state index is 0.354. The average Bonchev–Trinajstić information content (AvgIpc) is 3.00. The van der Waals surface area contributed by atoms with E-state index in [0.717, 1.165) is 46.4 Å². The molecule has 27 heavy (non-hydrogen) atoms. The zero-order chi connectivity index (χ0) is 18.6. The van der Waals surface area contributed by atoms with Crippen molar-refractivity contribution in [2.24, 2.45) is 12.1 Å². The van der Waals surface area contributed by atoms with Gasteiger partial charge in [0.15, 0.2) is 5.65 Å². The SMILES string of the molecule is CCCOc1ccc(/C=N/Nc2nnc3c4ccccc4n(C)c3n2)cc1. The lowest BCUT2D eigenvalue weighted by molar-refractivity contribution is 0.317. The molecule has 0 unspecified atom stereocenters. The zero-order valence-electron chi connectivity index (χ0n) is 15.3. The Hall–Kier alpha value is -3.48. The van der Waals surface area contributed by atoms with Gasteiger partial charge in [-0.15, -0.1) is 10.2 Å². The second-order valence-corrected chi connectivity index (χ2v) is 6.17. The zero-order valence-corrected chi connectivity index (χ0v) is 15.3. The number of aromatic nitrogens is 4. The minimum Gasteiger partial charge on any atom is -0.494 e. The Labute approximate surface area is 156 Å². The number of ether oxygens (including phenoxy) is 1. The molecule has 0 fully saturated rings. The topological polar surface area (TPSA) is 77.2 Å². The van der Waals surface area contributed by atoms with Crippen LogP contribution in [-0.2, 0) is 7.05 Å². The number of hydrogen-bond donors (Lipinski definition) is 1. The van der Waals surface area contributed by atoms with Crippen molar-refractivity contribution >= 4 is 34.2 Å². The first-order valence-electron chi connectivity index (χ1n) is 8.86. The lowest BCUT2D eigenvalue weighted by atomic mass is 10.2. The molecule has 0 saturated heterocycles. The van der Waals surface area contributed by atoms with Crippen LogP contribution in [-0.4, -0.2) is 32.6 Å². The molecule has 2 heterocycles. The van der Waals surface area contributed by atoms with Gasteiger partial charge in [0.1, 0.15) is 11.3 Å². The van der Waals surface area contributed by atoms with Gasteiger partial charge in [-0.3, -0.25) is 0 Å². The molecule has 0 radical (unpaired) electrons. The maximum Gasteiger partial charge on any atom is 0.265 e. The van der Waals surface area contributed by atoms with Crippen LogP contribution < -0.4 is 10.2 Å². The Balaban J connectivity index is 1.51. The molecule has 1 N–H and O–H groups in total. The van der Waals surface area contributed by atoms with Gasteiger partial charge in [-0.2, -0.15) is 10.1 Å². The lowest BCUT2D eigenvalue weighted by Crippen LogP contribution is -2.01. The van der Waals surface area contributed by atoms with Crippen LogP contribution in [0, 0.1) is 0 Å². The maximum atomic E-state index is 5.57. The summed E-state index contributed by atoms with van der Waals surface area (Å²) in [5.74, 6) is 1.21. The molecule has 0 saturated carbocycles. The highest BCUT2D eigenvalue weighted by Gasteiger charge is 2.11. The highest BCUT2D eigenvalue weighted by molar-refractivity contribution is 6.04. The van der Waals surface area contributed by atoms with Crippen molar-refractivity contribution in [1.82, 2.24) is 19.7 Å². The number of anilines is 1. The van der Waals surface area contributed by atoms with Crippen LogP contribution in [0.3, 0.4) is 0 Å². The molecule has 7 nitrogen and oxygen atoms in total. The van der Waals surface area contributed by atoms with Crippen molar-refractivity contribution in [3.05, 3.63) is 54.1 Å². The number of para-hydroxylation sites is 1. The highest BCUT2D eigenvalue weighted by atomic mass is 16.5. The summed E-state index contributed by atoms with van der Waals surface area (Å²) in [6.07, 6.45) is 2.70. The molecule has 0 aliphatic carbocycles. The molecule has 0 amide bonds. The van der Waals surface area contributed by atoms with E-state index in [2.05, 4.69) is 32.6 Å². The standard InChI is InChI=1S/C20H20N6O/c1-3-12-27-15-10-8-14(9-11-15)13-21-24-20-22-19-18(23-25-20)16-6-4-5-7-17(16)26(19)2/h4-11,13H,3,12H2,1-2H3,(H,22,24,25)/b21-13+. The number of rotatable bonds is 6. The molecule has 136 valence electrons. The number of nitrogens with one attached hydrogen (secondary N) is 1. The van der Waals surface area contributed by atoms with Crippen molar-refractivity contribution in [2.75, 3.05) is 12.0 Å². The van der Waals surface area contributed by atoms with Crippen molar-refractivity contribution in [3.63, 3.8) is 0 Å². The number of nitrogens with zero attached hydrogens (tertiary/aromatic N) is 5. The van der Waals surface area contributed by atoms with E-state index in [1.165, 1.54) is 0 Å². The van der Waals surface area contributed by atoms with Crippen LogP contribution in [0.25, 0.3) is 22.1 Å². The Bertz CT molecular complexity index is 1100. The summed E-state index contributed by atoms with van der Waals surface area (Å²) in [6.45, 7) is 2.80. The van der Waals surface area contributed by atoms with E-state index in [0.29, 0.717) is 5.95 Å². The summed E-state index contributed by atoms with van der Waals surface area (Å²) in [5, 5.41) is 13.7. The molecular weight excluding hydrogens is 340 g/mol. The van der Waals surface area contributed by atoms with Gasteiger partial charge in [-0.05, 0) is 42.3 Å². The second-order valence-electron chi connectivity index (χ2n) is 6.17. The van der Waals surface area contributed by atoms with Crippen molar-refractivity contribution < 1.29 is 4.74 Å². The van der Waals surface area contributed by atoms with Crippen molar-refractivity contribution in [2.45, 2.75) is 13.3 Å². The average molecular weight is 360 g/mol. The first-order chi connectivity index (χ1) is 13.3. The summed E-state index contributed by atoms with van der Waals surface area (Å²) in [7, 11) is 1.97. The van der Waals surface area contributed by atoms with Gasteiger partial charge in [-0.1, -0.05) is 25.1 Å². The van der Waals surface area contributed by atoms with Gasteiger partial charge in [0.2, 0.25) is 0 Å². The normalized spacial score (nSPS) is 11.5. The van der Waals surface area contributed by atoms with Crippen molar-refractivity contribution in [1.29, 1.82) is 0 Å². The number of hydrogen-bond acceptors (Lipinski definition) is 6. The number of hydrazone groups is 1. The predicted octanol–water partition coefficient (Wildman–Crippen LogP) is 3.75. The van der Waals surface area contributed by atoms with Gasteiger partial charge in [0.25, 0.3) is 5.95 Å². The monoisotopic (exact) mass is 360 g/mol. The van der Waals surface area contributed by atoms with E-state index in [1.54, 1.807) is 6.21 Å². The van der Waals surface area contributed by atoms with Gasteiger partial charge in [0, 0.05) is 12.4 Å². The minimum absolute atomic E-state index is 0.354. The number of benzene rings is 2. The van der Waals surface area contributed by atoms with Crippen LogP contribution >= 0.6 is 0 Å². The van der Waals surface area contributed by atoms with Crippen LogP contribution in [0.4, 0.5) is 5.95 Å². The summed E-state index contributed by atoms with van der Waals surface area (Å²) in [5.41, 5.74) is 6.41. The summed E-state index contributed by atoms with van der Waals surface area (Å²) >= 11 is 0. The molecule has 7 heteroatoms. The largest absolute Gasteiger partial charge is 0.494 e. The van der Waals surface area contributed by atoms with Crippen LogP contribution in [0.2, 0.25) is 0 Å². The summed E-state index contributed by atoms with van der Waals surface area (Å²) < 4.78 is 7.57. The molecule has 0 spiro atoms. The predicted molar refractivity (Wildman–Crippen MR) is 107 cm³/mol. The fourth-order valence-corrected chi connectivity index (χ4v) is 2.89. The van der Waals surface area contributed by atoms with E-state index >= 15 is 0 Å². The molecule has 4 rings (SSSR count). The van der Waals surface area contributed by atoms with E-state index in [1.807, 2.05) is 60.1 Å². The maximum absolute atomic E-state index is 5.57. The summed E-state index contributed by atoms with van der Waals surface area (Å²) in [4.78, 5) is 4.54. The number of fused-ring (bicyclic) bond motifs is 3. The first-order valence-corrected chi connectivity index (χ1v) is 8.86. The molecule has 2 aromatic heterocycles. The van der Waals surface area contributed by atoms with Crippen LogP contribution in [0.1, 0.15) is 18.9 Å². The van der Waals surface area contributed by atoms with E-state index in [4.69, 9.17) is 4.74 Å². The molecular formula is C20H20N6O. The molecule has 4 aromatic rings. The Morgan fingerprint density at radius 3 is 2.74 bits per heavy atom. The molecule has 2 aromatic carbocycles. The van der Waals surface area contributed by atoms with Gasteiger partial charge in [-0.25, -0.2) is 5.43 Å². The Morgan fingerprint density at radius 1 is 1.11 bits per heavy atom. The third-order valence-corrected chi connectivity index (χ3v) is 4.24. The second kappa shape index (κ2) is 7.41. The molecule has 0 aliphatic rings. The van der Waals surface area contributed by atoms with Crippen LogP contribution in [0.5, 0.6) is 5.75 Å². The van der Waals surface area contributed by atoms with Gasteiger partial charge < -0.3 is 9.30 Å². The Morgan fingerprint density at radius 2 is 1.93 bits per heavy atom. The first kappa shape index (κ1) is 17.0. The Kier molecular flexibility index (Phi) is 4.65. The molecule has 0 aliphatic heterocycles. The van der Waals surface area contributed by atoms with Crippen molar-refractivity contribution in [3.8, 4) is 5.75 Å². The van der Waals surface area contributed by atoms with Gasteiger partial charge in [0.05, 0.1) is 18.3 Å². The summed E-state index contributed by atoms with van der Waals surface area (Å²) in [6, 6.07) is 15.8. The molecule has 0 bridgehead atoms. The quantitative estimate of drug-likeness (QED) is 0.418. The molecule has 0 atom stereocenters. The number of aryl methyl sites for hydroxylation is 1. The smallest absolute Gasteiger partial charge is 0.265 e. The van der Waals surface area contributed by atoms with Crippen LogP contribution in [0.15, 0.2) is 53.6 Å². The van der Waals surface area contributed by atoms with E-state index < -0.39 is 0 Å². The third-order valence-electron chi connectivity index (χ3n) is 4.24.